The van der Waals surface area contributed by atoms with Gasteiger partial charge in [0.1, 0.15) is 0 Å². The predicted octanol–water partition coefficient (Wildman–Crippen LogP) is 0.803. The van der Waals surface area contributed by atoms with Gasteiger partial charge < -0.3 is 10.6 Å². The highest BCUT2D eigenvalue weighted by Crippen LogP contribution is 2.16. The molecule has 0 radical (unpaired) electrons. The molecule has 0 aromatic carbocycles. The summed E-state index contributed by atoms with van der Waals surface area (Å²) in [6.07, 6.45) is 6.91. The molecule has 0 bridgehead atoms. The van der Waals surface area contributed by atoms with Crippen LogP contribution in [0.2, 0.25) is 0 Å². The third kappa shape index (κ3) is 2.55. The number of carbonyl (C=O) groups excluding carboxylic acids is 1. The Hall–Kier alpha value is -1.49. The fourth-order valence-electron chi connectivity index (χ4n) is 1.97. The van der Waals surface area contributed by atoms with Crippen molar-refractivity contribution in [2.45, 2.75) is 25.8 Å². The van der Waals surface area contributed by atoms with Crippen LogP contribution in [0.15, 0.2) is 18.6 Å². The molecule has 1 fully saturated rings. The van der Waals surface area contributed by atoms with E-state index >= 15 is 0 Å². The van der Waals surface area contributed by atoms with E-state index in [-0.39, 0.29) is 11.9 Å². The van der Waals surface area contributed by atoms with Crippen molar-refractivity contribution < 1.29 is 4.79 Å². The maximum Gasteiger partial charge on any atom is 0.242 e. The summed E-state index contributed by atoms with van der Waals surface area (Å²) in [6.45, 7) is 3.00. The molecule has 0 spiro atoms. The van der Waals surface area contributed by atoms with Gasteiger partial charge in [0.2, 0.25) is 5.91 Å². The number of piperidine rings is 1. The minimum absolute atomic E-state index is 0.0206. The molecule has 1 aromatic rings. The summed E-state index contributed by atoms with van der Waals surface area (Å²) >= 11 is 0. The van der Waals surface area contributed by atoms with Gasteiger partial charge in [-0.05, 0) is 25.3 Å². The number of amides is 1. The summed E-state index contributed by atoms with van der Waals surface area (Å²) in [5.74, 6) is 0.852. The van der Waals surface area contributed by atoms with Gasteiger partial charge in [-0.1, -0.05) is 6.92 Å². The van der Waals surface area contributed by atoms with Crippen molar-refractivity contribution in [2.24, 2.45) is 5.92 Å². The number of hydrogen-bond donors (Lipinski definition) is 2. The van der Waals surface area contributed by atoms with Gasteiger partial charge >= 0.3 is 0 Å². The molecule has 16 heavy (non-hydrogen) atoms. The first-order valence-corrected chi connectivity index (χ1v) is 5.57. The lowest BCUT2D eigenvalue weighted by Gasteiger charge is -2.28. The van der Waals surface area contributed by atoms with Gasteiger partial charge in [-0.15, -0.1) is 0 Å². The highest BCUT2D eigenvalue weighted by Gasteiger charge is 2.27. The Morgan fingerprint density at radius 1 is 1.56 bits per heavy atom. The van der Waals surface area contributed by atoms with Crippen molar-refractivity contribution in [1.82, 2.24) is 15.3 Å². The van der Waals surface area contributed by atoms with Crippen molar-refractivity contribution in [3.05, 3.63) is 18.6 Å². The van der Waals surface area contributed by atoms with Crippen molar-refractivity contribution in [2.75, 3.05) is 11.9 Å². The lowest BCUT2D eigenvalue weighted by molar-refractivity contribution is -0.119. The minimum atomic E-state index is -0.115. The minimum Gasteiger partial charge on any atom is -0.308 e. The summed E-state index contributed by atoms with van der Waals surface area (Å²) in [4.78, 5) is 19.9. The van der Waals surface area contributed by atoms with Crippen LogP contribution < -0.4 is 10.6 Å². The molecule has 86 valence electrons. The second-order valence-corrected chi connectivity index (χ2v) is 4.13. The highest BCUT2D eigenvalue weighted by atomic mass is 16.2. The third-order valence-corrected chi connectivity index (χ3v) is 2.87. The largest absolute Gasteiger partial charge is 0.308 e. The third-order valence-electron chi connectivity index (χ3n) is 2.87. The SMILES string of the molecule is CC1CCCNC1C(=O)Nc1cnccn1. The Morgan fingerprint density at radius 3 is 3.12 bits per heavy atom. The van der Waals surface area contributed by atoms with E-state index in [1.165, 1.54) is 0 Å². The van der Waals surface area contributed by atoms with Gasteiger partial charge in [0.15, 0.2) is 5.82 Å². The molecule has 1 amide bonds. The zero-order valence-corrected chi connectivity index (χ0v) is 9.31. The normalized spacial score (nSPS) is 25.1. The Bertz CT molecular complexity index is 354. The van der Waals surface area contributed by atoms with Crippen molar-refractivity contribution in [1.29, 1.82) is 0 Å². The summed E-state index contributed by atoms with van der Waals surface area (Å²) < 4.78 is 0. The standard InChI is InChI=1S/C11H16N4O/c1-8-3-2-4-14-10(8)11(16)15-9-7-12-5-6-13-9/h5-8,10,14H,2-4H2,1H3,(H,13,15,16). The first-order valence-electron chi connectivity index (χ1n) is 5.57. The van der Waals surface area contributed by atoms with E-state index in [0.717, 1.165) is 19.4 Å². The maximum absolute atomic E-state index is 11.9. The Morgan fingerprint density at radius 2 is 2.44 bits per heavy atom. The molecule has 5 nitrogen and oxygen atoms in total. The number of nitrogens with zero attached hydrogens (tertiary/aromatic N) is 2. The molecular weight excluding hydrogens is 204 g/mol. The van der Waals surface area contributed by atoms with E-state index in [1.807, 2.05) is 0 Å². The Balaban J connectivity index is 1.97. The van der Waals surface area contributed by atoms with E-state index in [0.29, 0.717) is 11.7 Å². The van der Waals surface area contributed by atoms with Gasteiger partial charge in [0.25, 0.3) is 0 Å². The van der Waals surface area contributed by atoms with Crippen molar-refractivity contribution in [3.8, 4) is 0 Å². The van der Waals surface area contributed by atoms with Gasteiger partial charge in [0, 0.05) is 12.4 Å². The summed E-state index contributed by atoms with van der Waals surface area (Å²) in [5, 5.41) is 6.00. The molecule has 0 saturated carbocycles. The van der Waals surface area contributed by atoms with Crippen LogP contribution in [-0.2, 0) is 4.79 Å². The first-order chi connectivity index (χ1) is 7.77. The predicted molar refractivity (Wildman–Crippen MR) is 60.9 cm³/mol. The second kappa shape index (κ2) is 5.03. The molecule has 2 N–H and O–H groups in total. The van der Waals surface area contributed by atoms with Gasteiger partial charge in [-0.25, -0.2) is 4.98 Å². The number of aromatic nitrogens is 2. The van der Waals surface area contributed by atoms with E-state index in [2.05, 4.69) is 27.5 Å². The molecule has 1 saturated heterocycles. The molecular formula is C11H16N4O. The lowest BCUT2D eigenvalue weighted by Crippen LogP contribution is -2.48. The van der Waals surface area contributed by atoms with Crippen molar-refractivity contribution in [3.63, 3.8) is 0 Å². The average Bonchev–Trinajstić information content (AvgIpc) is 2.31. The molecule has 2 atom stereocenters. The van der Waals surface area contributed by atoms with Crippen LogP contribution in [0.3, 0.4) is 0 Å². The van der Waals surface area contributed by atoms with Gasteiger partial charge in [-0.2, -0.15) is 0 Å². The summed E-state index contributed by atoms with van der Waals surface area (Å²) in [7, 11) is 0. The number of anilines is 1. The Labute approximate surface area is 94.7 Å². The molecule has 1 aromatic heterocycles. The fourth-order valence-corrected chi connectivity index (χ4v) is 1.97. The summed E-state index contributed by atoms with van der Waals surface area (Å²) in [6, 6.07) is -0.115. The molecule has 5 heteroatoms. The number of rotatable bonds is 2. The molecule has 2 rings (SSSR count). The lowest BCUT2D eigenvalue weighted by atomic mass is 9.92. The highest BCUT2D eigenvalue weighted by molar-refractivity contribution is 5.94. The van der Waals surface area contributed by atoms with Crippen LogP contribution in [0.25, 0.3) is 0 Å². The van der Waals surface area contributed by atoms with Crippen molar-refractivity contribution >= 4 is 11.7 Å². The van der Waals surface area contributed by atoms with Crippen LogP contribution in [0.5, 0.6) is 0 Å². The van der Waals surface area contributed by atoms with E-state index in [4.69, 9.17) is 0 Å². The topological polar surface area (TPSA) is 66.9 Å². The van der Waals surface area contributed by atoms with Crippen LogP contribution >= 0.6 is 0 Å². The maximum atomic E-state index is 11.9. The number of carbonyl (C=O) groups is 1. The fraction of sp³-hybridized carbons (Fsp3) is 0.545. The van der Waals surface area contributed by atoms with Crippen LogP contribution in [0.1, 0.15) is 19.8 Å². The van der Waals surface area contributed by atoms with E-state index in [1.54, 1.807) is 18.6 Å². The van der Waals surface area contributed by atoms with Crippen LogP contribution in [0, 0.1) is 5.92 Å². The van der Waals surface area contributed by atoms with Gasteiger partial charge in [-0.3, -0.25) is 9.78 Å². The second-order valence-electron chi connectivity index (χ2n) is 4.13. The van der Waals surface area contributed by atoms with Crippen LogP contribution in [-0.4, -0.2) is 28.5 Å². The zero-order chi connectivity index (χ0) is 11.4. The van der Waals surface area contributed by atoms with E-state index < -0.39 is 0 Å². The molecule has 1 aliphatic heterocycles. The smallest absolute Gasteiger partial charge is 0.242 e. The van der Waals surface area contributed by atoms with Gasteiger partial charge in [0.05, 0.1) is 12.2 Å². The summed E-state index contributed by atoms with van der Waals surface area (Å²) in [5.41, 5.74) is 0. The molecule has 2 heterocycles. The monoisotopic (exact) mass is 220 g/mol. The first kappa shape index (κ1) is 11.0. The molecule has 1 aliphatic rings. The zero-order valence-electron chi connectivity index (χ0n) is 9.31. The van der Waals surface area contributed by atoms with Crippen LogP contribution in [0.4, 0.5) is 5.82 Å². The van der Waals surface area contributed by atoms with E-state index in [9.17, 15) is 4.79 Å². The molecule has 2 unspecified atom stereocenters. The average molecular weight is 220 g/mol. The molecule has 0 aliphatic carbocycles. The number of nitrogens with one attached hydrogen (secondary N) is 2. The number of hydrogen-bond acceptors (Lipinski definition) is 4. The Kier molecular flexibility index (Phi) is 3.46. The quantitative estimate of drug-likeness (QED) is 0.773.